The maximum absolute atomic E-state index is 5.82. The van der Waals surface area contributed by atoms with Crippen molar-refractivity contribution < 1.29 is 4.74 Å². The van der Waals surface area contributed by atoms with E-state index in [0.29, 0.717) is 0 Å². The van der Waals surface area contributed by atoms with Crippen molar-refractivity contribution in [3.05, 3.63) is 28.8 Å². The summed E-state index contributed by atoms with van der Waals surface area (Å²) in [6, 6.07) is 5.71. The second-order valence-corrected chi connectivity index (χ2v) is 8.43. The summed E-state index contributed by atoms with van der Waals surface area (Å²) >= 11 is 0. The molecule has 1 nitrogen and oxygen atoms in total. The summed E-state index contributed by atoms with van der Waals surface area (Å²) in [6.07, 6.45) is 23.0. The molecule has 1 radical (unpaired) electrons. The monoisotopic (exact) mass is 371 g/mol. The van der Waals surface area contributed by atoms with Crippen LogP contribution in [-0.4, -0.2) is 6.61 Å². The van der Waals surface area contributed by atoms with E-state index in [1.165, 1.54) is 114 Å². The summed E-state index contributed by atoms with van der Waals surface area (Å²) < 4.78 is 5.82. The van der Waals surface area contributed by atoms with Crippen molar-refractivity contribution in [3.63, 3.8) is 0 Å². The molecule has 0 bridgehead atoms. The first-order valence-corrected chi connectivity index (χ1v) is 12.0. The minimum atomic E-state index is 0.869. The van der Waals surface area contributed by atoms with Gasteiger partial charge in [-0.15, -0.1) is 0 Å². The average Bonchev–Trinajstić information content (AvgIpc) is 3.16. The lowest BCUT2D eigenvalue weighted by Crippen LogP contribution is -2.00. The Labute approximate surface area is 169 Å². The topological polar surface area (TPSA) is 9.23 Å². The molecular weight excluding hydrogens is 328 g/mol. The van der Waals surface area contributed by atoms with Crippen molar-refractivity contribution in [1.82, 2.24) is 0 Å². The fourth-order valence-electron chi connectivity index (χ4n) is 4.37. The first kappa shape index (κ1) is 22.3. The Hall–Kier alpha value is -0.980. The molecule has 1 heteroatoms. The van der Waals surface area contributed by atoms with E-state index in [0.717, 1.165) is 18.8 Å². The molecule has 27 heavy (non-hydrogen) atoms. The summed E-state index contributed by atoms with van der Waals surface area (Å²) in [5.41, 5.74) is 4.61. The van der Waals surface area contributed by atoms with Gasteiger partial charge >= 0.3 is 0 Å². The Morgan fingerprint density at radius 2 is 1.30 bits per heavy atom. The van der Waals surface area contributed by atoms with E-state index in [1.807, 2.05) is 0 Å². The molecule has 0 saturated carbocycles. The van der Waals surface area contributed by atoms with Gasteiger partial charge in [0.2, 0.25) is 0 Å². The number of fused-ring (bicyclic) bond motifs is 1. The summed E-state index contributed by atoms with van der Waals surface area (Å²) in [5, 5.41) is 0. The molecule has 1 aromatic rings. The van der Waals surface area contributed by atoms with Gasteiger partial charge in [-0.3, -0.25) is 0 Å². The molecule has 1 aromatic carbocycles. The van der Waals surface area contributed by atoms with Gasteiger partial charge in [0.1, 0.15) is 5.75 Å². The molecule has 0 aromatic heterocycles. The standard InChI is InChI=1S/C26H43O/c1-3-5-7-9-11-13-15-17-23-19-20-26-25(21-22-27-26)24(23)18-16-14-12-10-8-6-4-2/h20H,3-18,21-22H2,1-2H3. The Morgan fingerprint density at radius 1 is 0.741 bits per heavy atom. The minimum absolute atomic E-state index is 0.869. The highest BCUT2D eigenvalue weighted by molar-refractivity contribution is 5.47. The van der Waals surface area contributed by atoms with Gasteiger partial charge < -0.3 is 4.74 Å². The predicted molar refractivity (Wildman–Crippen MR) is 118 cm³/mol. The van der Waals surface area contributed by atoms with Crippen LogP contribution in [0, 0.1) is 6.07 Å². The number of rotatable bonds is 16. The smallest absolute Gasteiger partial charge is 0.123 e. The van der Waals surface area contributed by atoms with E-state index in [4.69, 9.17) is 4.74 Å². The number of hydrogen-bond donors (Lipinski definition) is 0. The summed E-state index contributed by atoms with van der Waals surface area (Å²) in [5.74, 6) is 1.12. The van der Waals surface area contributed by atoms with Crippen LogP contribution in [0.25, 0.3) is 0 Å². The van der Waals surface area contributed by atoms with Gasteiger partial charge in [-0.2, -0.15) is 0 Å². The van der Waals surface area contributed by atoms with Crippen LogP contribution in [0.3, 0.4) is 0 Å². The highest BCUT2D eigenvalue weighted by Gasteiger charge is 2.18. The van der Waals surface area contributed by atoms with Crippen molar-refractivity contribution in [2.24, 2.45) is 0 Å². The zero-order valence-corrected chi connectivity index (χ0v) is 18.2. The molecule has 2 rings (SSSR count). The lowest BCUT2D eigenvalue weighted by molar-refractivity contribution is 0.356. The van der Waals surface area contributed by atoms with Crippen molar-refractivity contribution in [1.29, 1.82) is 0 Å². The molecule has 0 atom stereocenters. The third-order valence-corrected chi connectivity index (χ3v) is 6.07. The van der Waals surface area contributed by atoms with Gasteiger partial charge in [-0.05, 0) is 48.9 Å². The molecule has 0 unspecified atom stereocenters. The fourth-order valence-corrected chi connectivity index (χ4v) is 4.37. The van der Waals surface area contributed by atoms with Crippen LogP contribution in [0.1, 0.15) is 120 Å². The van der Waals surface area contributed by atoms with Crippen molar-refractivity contribution >= 4 is 0 Å². The molecule has 1 aliphatic rings. The van der Waals surface area contributed by atoms with E-state index in [-0.39, 0.29) is 0 Å². The van der Waals surface area contributed by atoms with Gasteiger partial charge in [0.25, 0.3) is 0 Å². The zero-order valence-electron chi connectivity index (χ0n) is 18.2. The lowest BCUT2D eigenvalue weighted by Gasteiger charge is -2.14. The van der Waals surface area contributed by atoms with E-state index >= 15 is 0 Å². The normalized spacial score (nSPS) is 13.0. The number of benzene rings is 1. The SMILES string of the molecule is CCCCCCCCCc1[c]cc2c(c1CCCCCCCCC)CCO2. The van der Waals surface area contributed by atoms with Gasteiger partial charge in [0.15, 0.2) is 0 Å². The van der Waals surface area contributed by atoms with Crippen LogP contribution in [-0.2, 0) is 19.3 Å². The van der Waals surface area contributed by atoms with E-state index in [9.17, 15) is 0 Å². The van der Waals surface area contributed by atoms with Crippen LogP contribution in [0.4, 0.5) is 0 Å². The molecule has 0 amide bonds. The van der Waals surface area contributed by atoms with E-state index < -0.39 is 0 Å². The highest BCUT2D eigenvalue weighted by atomic mass is 16.5. The number of ether oxygens (including phenoxy) is 1. The number of aryl methyl sites for hydroxylation is 1. The Balaban J connectivity index is 1.76. The Morgan fingerprint density at radius 3 is 1.93 bits per heavy atom. The maximum Gasteiger partial charge on any atom is 0.123 e. The second-order valence-electron chi connectivity index (χ2n) is 8.43. The zero-order chi connectivity index (χ0) is 19.2. The number of hydrogen-bond acceptors (Lipinski definition) is 1. The molecular formula is C26H43O. The fraction of sp³-hybridized carbons (Fsp3) is 0.769. The van der Waals surface area contributed by atoms with Crippen LogP contribution < -0.4 is 4.74 Å². The van der Waals surface area contributed by atoms with Crippen LogP contribution in [0.15, 0.2) is 6.07 Å². The van der Waals surface area contributed by atoms with Gasteiger partial charge in [0.05, 0.1) is 6.61 Å². The summed E-state index contributed by atoms with van der Waals surface area (Å²) in [6.45, 7) is 5.45. The average molecular weight is 372 g/mol. The molecule has 0 fully saturated rings. The molecule has 0 N–H and O–H groups in total. The molecule has 0 aliphatic carbocycles. The first-order valence-electron chi connectivity index (χ1n) is 12.0. The lowest BCUT2D eigenvalue weighted by atomic mass is 9.91. The maximum atomic E-state index is 5.82. The quantitative estimate of drug-likeness (QED) is 0.267. The molecule has 1 aliphatic heterocycles. The highest BCUT2D eigenvalue weighted by Crippen LogP contribution is 2.32. The van der Waals surface area contributed by atoms with Crippen molar-refractivity contribution in [2.75, 3.05) is 6.61 Å². The molecule has 0 spiro atoms. The molecule has 1 heterocycles. The molecule has 0 saturated heterocycles. The second kappa shape index (κ2) is 14.1. The summed E-state index contributed by atoms with van der Waals surface area (Å²) in [4.78, 5) is 0. The van der Waals surface area contributed by atoms with Crippen molar-refractivity contribution in [3.8, 4) is 5.75 Å². The van der Waals surface area contributed by atoms with Crippen LogP contribution in [0.2, 0.25) is 0 Å². The van der Waals surface area contributed by atoms with Crippen LogP contribution >= 0.6 is 0 Å². The third-order valence-electron chi connectivity index (χ3n) is 6.07. The van der Waals surface area contributed by atoms with Gasteiger partial charge in [-0.1, -0.05) is 90.9 Å². The van der Waals surface area contributed by atoms with E-state index in [2.05, 4.69) is 26.0 Å². The van der Waals surface area contributed by atoms with E-state index in [1.54, 1.807) is 5.56 Å². The van der Waals surface area contributed by atoms with Gasteiger partial charge in [0, 0.05) is 12.0 Å². The molecule has 153 valence electrons. The van der Waals surface area contributed by atoms with Crippen molar-refractivity contribution in [2.45, 2.75) is 123 Å². The minimum Gasteiger partial charge on any atom is -0.493 e. The first-order chi connectivity index (χ1) is 13.4. The Bertz CT molecular complexity index is 505. The van der Waals surface area contributed by atoms with Gasteiger partial charge in [-0.25, -0.2) is 0 Å². The third kappa shape index (κ3) is 8.28. The largest absolute Gasteiger partial charge is 0.493 e. The Kier molecular flexibility index (Phi) is 11.6. The van der Waals surface area contributed by atoms with Crippen LogP contribution in [0.5, 0.6) is 5.75 Å². The number of unbranched alkanes of at least 4 members (excludes halogenated alkanes) is 12. The predicted octanol–water partition coefficient (Wildman–Crippen LogP) is 8.01. The summed E-state index contributed by atoms with van der Waals surface area (Å²) in [7, 11) is 0.